The molecule has 0 aliphatic carbocycles. The van der Waals surface area contributed by atoms with Gasteiger partial charge in [-0.25, -0.2) is 4.98 Å². The van der Waals surface area contributed by atoms with Gasteiger partial charge in [-0.15, -0.1) is 0 Å². The van der Waals surface area contributed by atoms with Crippen LogP contribution in [0.3, 0.4) is 0 Å². The molecule has 2 heterocycles. The van der Waals surface area contributed by atoms with Gasteiger partial charge in [0.05, 0.1) is 11.4 Å². The zero-order valence-electron chi connectivity index (χ0n) is 7.20. The number of hydrogen-bond donors (Lipinski definition) is 1. The van der Waals surface area contributed by atoms with E-state index in [-0.39, 0.29) is 5.43 Å². The van der Waals surface area contributed by atoms with Crippen LogP contribution in [0.25, 0.3) is 11.4 Å². The maximum absolute atomic E-state index is 11.1. The van der Waals surface area contributed by atoms with Gasteiger partial charge in [-0.3, -0.25) is 4.79 Å². The van der Waals surface area contributed by atoms with Crippen LogP contribution in [-0.2, 0) is 0 Å². The van der Waals surface area contributed by atoms with Crippen molar-refractivity contribution in [3.05, 3.63) is 51.4 Å². The van der Waals surface area contributed by atoms with Gasteiger partial charge in [0.25, 0.3) is 0 Å². The maximum atomic E-state index is 11.1. The van der Waals surface area contributed by atoms with Crippen molar-refractivity contribution >= 4 is 15.9 Å². The molecule has 0 amide bonds. The number of aromatic nitrogens is 2. The van der Waals surface area contributed by atoms with Crippen LogP contribution >= 0.6 is 15.9 Å². The van der Waals surface area contributed by atoms with Crippen LogP contribution in [0.5, 0.6) is 0 Å². The molecule has 14 heavy (non-hydrogen) atoms. The number of rotatable bonds is 1. The zero-order chi connectivity index (χ0) is 9.97. The summed E-state index contributed by atoms with van der Waals surface area (Å²) in [6.45, 7) is 0. The van der Waals surface area contributed by atoms with E-state index in [2.05, 4.69) is 25.9 Å². The van der Waals surface area contributed by atoms with Crippen LogP contribution in [-0.4, -0.2) is 9.97 Å². The van der Waals surface area contributed by atoms with Gasteiger partial charge < -0.3 is 4.98 Å². The van der Waals surface area contributed by atoms with E-state index in [1.54, 1.807) is 6.20 Å². The summed E-state index contributed by atoms with van der Waals surface area (Å²) in [5.74, 6) is 0. The van der Waals surface area contributed by atoms with E-state index < -0.39 is 0 Å². The molecular weight excluding hydrogens is 244 g/mol. The molecule has 3 nitrogen and oxygen atoms in total. The van der Waals surface area contributed by atoms with Crippen molar-refractivity contribution in [2.75, 3.05) is 0 Å². The van der Waals surface area contributed by atoms with Crippen molar-refractivity contribution < 1.29 is 0 Å². The van der Waals surface area contributed by atoms with Crippen LogP contribution in [0.4, 0.5) is 0 Å². The van der Waals surface area contributed by atoms with Crippen molar-refractivity contribution in [1.82, 2.24) is 9.97 Å². The second-order valence-electron chi connectivity index (χ2n) is 2.78. The lowest BCUT2D eigenvalue weighted by Gasteiger charge is -1.99. The smallest absolute Gasteiger partial charge is 0.182 e. The number of nitrogens with zero attached hydrogens (tertiary/aromatic N) is 1. The summed E-state index contributed by atoms with van der Waals surface area (Å²) in [6, 6.07) is 8.55. The summed E-state index contributed by atoms with van der Waals surface area (Å²) in [5.41, 5.74) is 1.44. The molecule has 0 saturated heterocycles. The maximum Gasteiger partial charge on any atom is 0.182 e. The highest BCUT2D eigenvalue weighted by Gasteiger charge is 1.99. The predicted molar refractivity (Wildman–Crippen MR) is 58.0 cm³/mol. The first-order chi connectivity index (χ1) is 6.75. The highest BCUT2D eigenvalue weighted by Crippen LogP contribution is 2.14. The van der Waals surface area contributed by atoms with Gasteiger partial charge in [-0.1, -0.05) is 6.07 Å². The van der Waals surface area contributed by atoms with Crippen LogP contribution < -0.4 is 5.43 Å². The number of aromatic amines is 1. The standard InChI is InChI=1S/C10H7BrN2O/c11-10-3-1-2-8(13-10)9-6-7(14)4-5-12-9/h1-6H,(H,12,14). The van der Waals surface area contributed by atoms with Crippen LogP contribution in [0.2, 0.25) is 0 Å². The Labute approximate surface area is 89.0 Å². The van der Waals surface area contributed by atoms with Crippen molar-refractivity contribution in [3.63, 3.8) is 0 Å². The third kappa shape index (κ3) is 1.90. The molecule has 70 valence electrons. The topological polar surface area (TPSA) is 45.8 Å². The molecule has 4 heteroatoms. The Morgan fingerprint density at radius 3 is 2.86 bits per heavy atom. The van der Waals surface area contributed by atoms with Gasteiger partial charge in [0.15, 0.2) is 5.43 Å². The number of hydrogen-bond acceptors (Lipinski definition) is 2. The van der Waals surface area contributed by atoms with Gasteiger partial charge in [0.2, 0.25) is 0 Å². The summed E-state index contributed by atoms with van der Waals surface area (Å²) < 4.78 is 0.750. The molecule has 0 saturated carbocycles. The third-order valence-corrected chi connectivity index (χ3v) is 2.21. The Kier molecular flexibility index (Phi) is 2.45. The van der Waals surface area contributed by atoms with E-state index in [0.29, 0.717) is 0 Å². The molecule has 0 aliphatic rings. The van der Waals surface area contributed by atoms with E-state index in [1.165, 1.54) is 12.1 Å². The minimum absolute atomic E-state index is 0.0273. The fourth-order valence-corrected chi connectivity index (χ4v) is 1.50. The van der Waals surface area contributed by atoms with Gasteiger partial charge >= 0.3 is 0 Å². The summed E-state index contributed by atoms with van der Waals surface area (Å²) >= 11 is 3.27. The zero-order valence-corrected chi connectivity index (χ0v) is 8.78. The first kappa shape index (κ1) is 9.15. The van der Waals surface area contributed by atoms with Crippen LogP contribution in [0.1, 0.15) is 0 Å². The van der Waals surface area contributed by atoms with Crippen molar-refractivity contribution in [1.29, 1.82) is 0 Å². The Hall–Kier alpha value is -1.42. The Morgan fingerprint density at radius 2 is 2.14 bits per heavy atom. The molecule has 0 aromatic carbocycles. The number of halogens is 1. The van der Waals surface area contributed by atoms with Crippen LogP contribution in [0, 0.1) is 0 Å². The molecular formula is C10H7BrN2O. The number of H-pyrrole nitrogens is 1. The molecule has 2 aromatic rings. The monoisotopic (exact) mass is 250 g/mol. The minimum atomic E-state index is -0.0273. The lowest BCUT2D eigenvalue weighted by Crippen LogP contribution is -1.98. The molecule has 0 aliphatic heterocycles. The van der Waals surface area contributed by atoms with Crippen molar-refractivity contribution in [3.8, 4) is 11.4 Å². The van der Waals surface area contributed by atoms with Crippen molar-refractivity contribution in [2.45, 2.75) is 0 Å². The molecule has 2 aromatic heterocycles. The molecule has 0 bridgehead atoms. The highest BCUT2D eigenvalue weighted by molar-refractivity contribution is 9.10. The molecule has 2 rings (SSSR count). The second kappa shape index (κ2) is 3.75. The Bertz CT molecular complexity index is 507. The van der Waals surface area contributed by atoms with Gasteiger partial charge in [0, 0.05) is 18.3 Å². The van der Waals surface area contributed by atoms with E-state index in [0.717, 1.165) is 16.0 Å². The fourth-order valence-electron chi connectivity index (χ4n) is 1.15. The van der Waals surface area contributed by atoms with E-state index in [1.807, 2.05) is 18.2 Å². The van der Waals surface area contributed by atoms with E-state index in [4.69, 9.17) is 0 Å². The largest absolute Gasteiger partial charge is 0.360 e. The molecule has 1 N–H and O–H groups in total. The third-order valence-electron chi connectivity index (χ3n) is 1.76. The summed E-state index contributed by atoms with van der Waals surface area (Å²) in [4.78, 5) is 18.3. The first-order valence-electron chi connectivity index (χ1n) is 4.07. The van der Waals surface area contributed by atoms with Crippen LogP contribution in [0.15, 0.2) is 45.9 Å². The second-order valence-corrected chi connectivity index (χ2v) is 3.60. The van der Waals surface area contributed by atoms with E-state index >= 15 is 0 Å². The average Bonchev–Trinajstić information content (AvgIpc) is 2.18. The first-order valence-corrected chi connectivity index (χ1v) is 4.87. The van der Waals surface area contributed by atoms with Gasteiger partial charge in [0.1, 0.15) is 4.60 Å². The SMILES string of the molecule is O=c1cc[nH]c(-c2cccc(Br)n2)c1. The summed E-state index contributed by atoms with van der Waals surface area (Å²) in [7, 11) is 0. The molecule has 0 atom stereocenters. The summed E-state index contributed by atoms with van der Waals surface area (Å²) in [6.07, 6.45) is 1.61. The Balaban J connectivity index is 2.55. The van der Waals surface area contributed by atoms with Gasteiger partial charge in [-0.2, -0.15) is 0 Å². The normalized spacial score (nSPS) is 10.1. The molecule has 0 radical (unpaired) electrons. The lowest BCUT2D eigenvalue weighted by molar-refractivity contribution is 1.21. The number of pyridine rings is 2. The van der Waals surface area contributed by atoms with Crippen molar-refractivity contribution in [2.24, 2.45) is 0 Å². The lowest BCUT2D eigenvalue weighted by atomic mass is 10.2. The quantitative estimate of drug-likeness (QED) is 0.789. The minimum Gasteiger partial charge on any atom is -0.360 e. The highest BCUT2D eigenvalue weighted by atomic mass is 79.9. The molecule has 0 spiro atoms. The van der Waals surface area contributed by atoms with Gasteiger partial charge in [-0.05, 0) is 28.1 Å². The number of nitrogens with one attached hydrogen (secondary N) is 1. The molecule has 0 unspecified atom stereocenters. The van der Waals surface area contributed by atoms with E-state index in [9.17, 15) is 4.79 Å². The predicted octanol–water partition coefficient (Wildman–Crippen LogP) is 2.20. The fraction of sp³-hybridized carbons (Fsp3) is 0. The molecule has 0 fully saturated rings. The average molecular weight is 251 g/mol. The summed E-state index contributed by atoms with van der Waals surface area (Å²) in [5, 5.41) is 0. The Morgan fingerprint density at radius 1 is 1.29 bits per heavy atom.